The number of hydrogen-bond acceptors (Lipinski definition) is 6. The zero-order valence-corrected chi connectivity index (χ0v) is 14.5. The van der Waals surface area contributed by atoms with E-state index in [1.54, 1.807) is 12.4 Å². The molecule has 1 aliphatic rings. The van der Waals surface area contributed by atoms with E-state index in [9.17, 15) is 9.90 Å². The van der Waals surface area contributed by atoms with Gasteiger partial charge in [-0.25, -0.2) is 9.78 Å². The minimum absolute atomic E-state index is 0.191. The van der Waals surface area contributed by atoms with Crippen molar-refractivity contribution in [1.82, 2.24) is 4.98 Å². The highest BCUT2D eigenvalue weighted by molar-refractivity contribution is 7.16. The van der Waals surface area contributed by atoms with Crippen molar-refractivity contribution in [2.45, 2.75) is 51.8 Å². The number of fused-ring (bicyclic) bond motifs is 1. The van der Waals surface area contributed by atoms with Gasteiger partial charge < -0.3 is 14.7 Å². The number of benzene rings is 1. The van der Waals surface area contributed by atoms with E-state index in [2.05, 4.69) is 23.7 Å². The normalized spacial score (nSPS) is 24.9. The van der Waals surface area contributed by atoms with Crippen LogP contribution >= 0.6 is 11.3 Å². The van der Waals surface area contributed by atoms with Crippen LogP contribution in [0.15, 0.2) is 17.6 Å². The molecule has 1 N–H and O–H groups in total. The van der Waals surface area contributed by atoms with Gasteiger partial charge in [0.25, 0.3) is 0 Å². The summed E-state index contributed by atoms with van der Waals surface area (Å²) in [6.45, 7) is 6.38. The number of esters is 1. The molecule has 124 valence electrons. The maximum atomic E-state index is 12.2. The van der Waals surface area contributed by atoms with Crippen LogP contribution in [0.1, 0.15) is 44.0 Å². The summed E-state index contributed by atoms with van der Waals surface area (Å²) < 4.78 is 6.14. The van der Waals surface area contributed by atoms with Gasteiger partial charge in [0.1, 0.15) is 5.52 Å². The third kappa shape index (κ3) is 3.05. The second-order valence-electron chi connectivity index (χ2n) is 6.15. The number of thiazole rings is 1. The number of piperidine rings is 1. The van der Waals surface area contributed by atoms with Gasteiger partial charge in [0.15, 0.2) is 0 Å². The van der Waals surface area contributed by atoms with E-state index >= 15 is 0 Å². The maximum absolute atomic E-state index is 12.2. The molecule has 1 saturated heterocycles. The quantitative estimate of drug-likeness (QED) is 0.873. The molecule has 1 aromatic carbocycles. The Kier molecular flexibility index (Phi) is 4.55. The van der Waals surface area contributed by atoms with Crippen molar-refractivity contribution >= 4 is 33.2 Å². The molecule has 0 amide bonds. The predicted molar refractivity (Wildman–Crippen MR) is 92.2 cm³/mol. The van der Waals surface area contributed by atoms with Gasteiger partial charge in [-0.05, 0) is 45.7 Å². The van der Waals surface area contributed by atoms with Gasteiger partial charge in [-0.2, -0.15) is 0 Å². The smallest absolute Gasteiger partial charge is 0.338 e. The van der Waals surface area contributed by atoms with E-state index in [0.717, 1.165) is 28.7 Å². The predicted octanol–water partition coefficient (Wildman–Crippen LogP) is 3.21. The fourth-order valence-electron chi connectivity index (χ4n) is 3.50. The van der Waals surface area contributed by atoms with Gasteiger partial charge in [0.2, 0.25) is 0 Å². The van der Waals surface area contributed by atoms with Crippen LogP contribution in [0.4, 0.5) is 5.69 Å². The van der Waals surface area contributed by atoms with E-state index in [4.69, 9.17) is 4.74 Å². The number of aliphatic hydroxyl groups excluding tert-OH is 1. The average Bonchev–Trinajstić information content (AvgIpc) is 2.94. The van der Waals surface area contributed by atoms with Crippen molar-refractivity contribution in [3.63, 3.8) is 0 Å². The highest BCUT2D eigenvalue weighted by Gasteiger charge is 2.32. The topological polar surface area (TPSA) is 62.7 Å². The Morgan fingerprint density at radius 1 is 1.39 bits per heavy atom. The Balaban J connectivity index is 2.08. The number of rotatable bonds is 3. The first-order chi connectivity index (χ1) is 11.0. The summed E-state index contributed by atoms with van der Waals surface area (Å²) in [5, 5.41) is 9.99. The maximum Gasteiger partial charge on any atom is 0.338 e. The van der Waals surface area contributed by atoms with Crippen LogP contribution in [0.25, 0.3) is 10.2 Å². The highest BCUT2D eigenvalue weighted by Crippen LogP contribution is 2.36. The van der Waals surface area contributed by atoms with Crippen molar-refractivity contribution in [3.05, 3.63) is 23.2 Å². The number of anilines is 1. The number of carbonyl (C=O) groups is 1. The van der Waals surface area contributed by atoms with Gasteiger partial charge in [-0.15, -0.1) is 11.3 Å². The Bertz CT molecular complexity index is 703. The second kappa shape index (κ2) is 6.45. The Hall–Kier alpha value is -1.66. The molecular weight excluding hydrogens is 312 g/mol. The summed E-state index contributed by atoms with van der Waals surface area (Å²) in [5.74, 6) is -0.304. The molecule has 1 aliphatic heterocycles. The third-order valence-corrected chi connectivity index (χ3v) is 5.16. The molecule has 3 rings (SSSR count). The van der Waals surface area contributed by atoms with Crippen LogP contribution < -0.4 is 4.90 Å². The lowest BCUT2D eigenvalue weighted by Crippen LogP contribution is -2.48. The van der Waals surface area contributed by atoms with E-state index in [0.29, 0.717) is 12.2 Å². The van der Waals surface area contributed by atoms with Crippen LogP contribution in [0.2, 0.25) is 0 Å². The van der Waals surface area contributed by atoms with Gasteiger partial charge >= 0.3 is 5.97 Å². The largest absolute Gasteiger partial charge is 0.462 e. The van der Waals surface area contributed by atoms with E-state index in [1.165, 1.54) is 11.3 Å². The average molecular weight is 334 g/mol. The lowest BCUT2D eigenvalue weighted by Gasteiger charge is -2.43. The molecule has 0 radical (unpaired) electrons. The summed E-state index contributed by atoms with van der Waals surface area (Å²) in [6, 6.07) is 4.11. The van der Waals surface area contributed by atoms with Crippen molar-refractivity contribution in [2.75, 3.05) is 11.5 Å². The molecule has 0 bridgehead atoms. The lowest BCUT2D eigenvalue weighted by molar-refractivity contribution is 0.0526. The molecular formula is C17H22N2O3S. The molecule has 23 heavy (non-hydrogen) atoms. The highest BCUT2D eigenvalue weighted by atomic mass is 32.1. The van der Waals surface area contributed by atoms with Crippen LogP contribution in [-0.2, 0) is 4.74 Å². The molecule has 2 aromatic rings. The van der Waals surface area contributed by atoms with Crippen LogP contribution in [0.5, 0.6) is 0 Å². The summed E-state index contributed by atoms with van der Waals surface area (Å²) >= 11 is 1.52. The molecule has 0 saturated carbocycles. The summed E-state index contributed by atoms with van der Waals surface area (Å²) in [4.78, 5) is 18.9. The first kappa shape index (κ1) is 16.2. The van der Waals surface area contributed by atoms with Gasteiger partial charge in [-0.1, -0.05) is 0 Å². The first-order valence-corrected chi connectivity index (χ1v) is 8.90. The van der Waals surface area contributed by atoms with Gasteiger partial charge in [0.05, 0.1) is 34.2 Å². The number of ether oxygens (including phenoxy) is 1. The van der Waals surface area contributed by atoms with Crippen molar-refractivity contribution < 1.29 is 14.6 Å². The standard InChI is InChI=1S/C17H22N2O3S/c1-4-22-17(21)12-7-14(16-15(8-12)23-9-18-16)19-10(2)5-13(20)6-11(19)3/h7-11,13,20H,4-6H2,1-3H3. The molecule has 2 unspecified atom stereocenters. The molecule has 2 atom stereocenters. The fourth-order valence-corrected chi connectivity index (χ4v) is 4.23. The summed E-state index contributed by atoms with van der Waals surface area (Å²) in [7, 11) is 0. The van der Waals surface area contributed by atoms with Crippen LogP contribution in [0.3, 0.4) is 0 Å². The Morgan fingerprint density at radius 3 is 2.74 bits per heavy atom. The van der Waals surface area contributed by atoms with Crippen molar-refractivity contribution in [3.8, 4) is 0 Å². The zero-order chi connectivity index (χ0) is 16.6. The number of aliphatic hydroxyl groups is 1. The van der Waals surface area contributed by atoms with E-state index < -0.39 is 0 Å². The lowest BCUT2D eigenvalue weighted by atomic mass is 9.93. The van der Waals surface area contributed by atoms with E-state index in [-0.39, 0.29) is 24.2 Å². The fraction of sp³-hybridized carbons (Fsp3) is 0.529. The second-order valence-corrected chi connectivity index (χ2v) is 7.03. The Labute approximate surface area is 139 Å². The third-order valence-electron chi connectivity index (χ3n) is 4.38. The minimum Gasteiger partial charge on any atom is -0.462 e. The van der Waals surface area contributed by atoms with Crippen LogP contribution in [-0.4, -0.2) is 40.9 Å². The SMILES string of the molecule is CCOC(=O)c1cc(N2C(C)CC(O)CC2C)c2ncsc2c1. The number of nitrogens with zero attached hydrogens (tertiary/aromatic N) is 2. The molecule has 6 heteroatoms. The number of hydrogen-bond donors (Lipinski definition) is 1. The van der Waals surface area contributed by atoms with Crippen molar-refractivity contribution in [2.24, 2.45) is 0 Å². The molecule has 1 fully saturated rings. The van der Waals surface area contributed by atoms with Crippen LogP contribution in [0, 0.1) is 0 Å². The van der Waals surface area contributed by atoms with E-state index in [1.807, 2.05) is 12.1 Å². The minimum atomic E-state index is -0.304. The molecule has 5 nitrogen and oxygen atoms in total. The van der Waals surface area contributed by atoms with Crippen molar-refractivity contribution in [1.29, 1.82) is 0 Å². The Morgan fingerprint density at radius 2 is 2.09 bits per heavy atom. The number of aromatic nitrogens is 1. The summed E-state index contributed by atoms with van der Waals surface area (Å²) in [5.41, 5.74) is 4.23. The summed E-state index contributed by atoms with van der Waals surface area (Å²) in [6.07, 6.45) is 1.18. The van der Waals surface area contributed by atoms with Gasteiger partial charge in [-0.3, -0.25) is 0 Å². The monoisotopic (exact) mass is 334 g/mol. The molecule has 0 spiro atoms. The zero-order valence-electron chi connectivity index (χ0n) is 13.7. The first-order valence-electron chi connectivity index (χ1n) is 8.02. The number of carbonyl (C=O) groups excluding carboxylic acids is 1. The molecule has 2 heterocycles. The molecule has 0 aliphatic carbocycles. The molecule has 1 aromatic heterocycles. The van der Waals surface area contributed by atoms with Gasteiger partial charge in [0, 0.05) is 12.1 Å².